The van der Waals surface area contributed by atoms with Gasteiger partial charge in [-0.05, 0) is 12.1 Å². The largest absolute Gasteiger partial charge is 0.493 e. The van der Waals surface area contributed by atoms with Crippen molar-refractivity contribution < 1.29 is 28.5 Å². The predicted octanol–water partition coefficient (Wildman–Crippen LogP) is 1.11. The zero-order valence-corrected chi connectivity index (χ0v) is 16.9. The van der Waals surface area contributed by atoms with Crippen molar-refractivity contribution >= 4 is 17.6 Å². The van der Waals surface area contributed by atoms with Gasteiger partial charge in [0.15, 0.2) is 11.5 Å². The molecular weight excluding hydrogens is 366 g/mol. The third kappa shape index (κ3) is 5.49. The van der Waals surface area contributed by atoms with Crippen molar-refractivity contribution in [2.75, 3.05) is 66.2 Å². The Bertz CT molecular complexity index is 661. The number of nitrogens with zero attached hydrogens (tertiary/aromatic N) is 2. The number of urea groups is 1. The Labute approximate surface area is 165 Å². The second-order valence-electron chi connectivity index (χ2n) is 6.37. The Hall–Kier alpha value is -2.52. The van der Waals surface area contributed by atoms with Crippen molar-refractivity contribution in [3.05, 3.63) is 18.2 Å². The third-order valence-electron chi connectivity index (χ3n) is 4.55. The number of ether oxygens (including phenoxy) is 4. The topological polar surface area (TPSA) is 89.6 Å². The van der Waals surface area contributed by atoms with E-state index in [0.717, 1.165) is 0 Å². The van der Waals surface area contributed by atoms with E-state index in [1.54, 1.807) is 56.4 Å². The number of carbonyl (C=O) groups is 2. The molecule has 1 aliphatic heterocycles. The van der Waals surface area contributed by atoms with E-state index in [4.69, 9.17) is 18.9 Å². The molecule has 28 heavy (non-hydrogen) atoms. The summed E-state index contributed by atoms with van der Waals surface area (Å²) in [7, 11) is 6.28. The van der Waals surface area contributed by atoms with Gasteiger partial charge < -0.3 is 34.1 Å². The van der Waals surface area contributed by atoms with Crippen LogP contribution in [0.2, 0.25) is 0 Å². The first-order valence-electron chi connectivity index (χ1n) is 9.09. The van der Waals surface area contributed by atoms with Gasteiger partial charge in [0.25, 0.3) is 0 Å². The number of methoxy groups -OCH3 is 4. The van der Waals surface area contributed by atoms with E-state index in [1.165, 1.54) is 0 Å². The van der Waals surface area contributed by atoms with Gasteiger partial charge in [0.1, 0.15) is 0 Å². The molecule has 1 fully saturated rings. The maximum Gasteiger partial charge on any atom is 0.317 e. The third-order valence-corrected chi connectivity index (χ3v) is 4.55. The van der Waals surface area contributed by atoms with Gasteiger partial charge in [0.05, 0.1) is 33.5 Å². The quantitative estimate of drug-likeness (QED) is 0.638. The number of nitrogens with one attached hydrogen (secondary N) is 1. The zero-order chi connectivity index (χ0) is 20.5. The number of rotatable bonds is 10. The molecule has 1 saturated heterocycles. The number of carbonyl (C=O) groups excluding carboxylic acids is 2. The van der Waals surface area contributed by atoms with Crippen LogP contribution < -0.4 is 19.7 Å². The van der Waals surface area contributed by atoms with Crippen molar-refractivity contribution in [1.29, 1.82) is 0 Å². The van der Waals surface area contributed by atoms with Gasteiger partial charge in [0.2, 0.25) is 5.91 Å². The van der Waals surface area contributed by atoms with Crippen LogP contribution in [-0.4, -0.2) is 84.2 Å². The summed E-state index contributed by atoms with van der Waals surface area (Å²) >= 11 is 0. The summed E-state index contributed by atoms with van der Waals surface area (Å²) in [5.41, 5.74) is 0.704. The lowest BCUT2D eigenvalue weighted by Crippen LogP contribution is -2.47. The van der Waals surface area contributed by atoms with Crippen LogP contribution in [0.4, 0.5) is 10.5 Å². The van der Waals surface area contributed by atoms with E-state index >= 15 is 0 Å². The van der Waals surface area contributed by atoms with Crippen molar-refractivity contribution in [2.24, 2.45) is 0 Å². The molecule has 0 aromatic heterocycles. The molecular formula is C19H29N3O6. The molecule has 0 aliphatic carbocycles. The van der Waals surface area contributed by atoms with Gasteiger partial charge in [-0.2, -0.15) is 0 Å². The summed E-state index contributed by atoms with van der Waals surface area (Å²) in [6.07, 6.45) is 0.239. The first-order chi connectivity index (χ1) is 13.5. The van der Waals surface area contributed by atoms with E-state index in [2.05, 4.69) is 5.32 Å². The van der Waals surface area contributed by atoms with Crippen LogP contribution >= 0.6 is 0 Å². The molecule has 1 atom stereocenters. The van der Waals surface area contributed by atoms with Gasteiger partial charge in [-0.25, -0.2) is 4.79 Å². The summed E-state index contributed by atoms with van der Waals surface area (Å²) in [6.45, 7) is 2.15. The minimum Gasteiger partial charge on any atom is -0.493 e. The van der Waals surface area contributed by atoms with Gasteiger partial charge in [0, 0.05) is 52.0 Å². The lowest BCUT2D eigenvalue weighted by atomic mass is 10.2. The highest BCUT2D eigenvalue weighted by Gasteiger charge is 2.33. The predicted molar refractivity (Wildman–Crippen MR) is 104 cm³/mol. The highest BCUT2D eigenvalue weighted by atomic mass is 16.5. The second-order valence-corrected chi connectivity index (χ2v) is 6.37. The van der Waals surface area contributed by atoms with Crippen LogP contribution in [0.1, 0.15) is 6.42 Å². The van der Waals surface area contributed by atoms with Crippen LogP contribution in [0.15, 0.2) is 18.2 Å². The molecule has 1 unspecified atom stereocenters. The SMILES string of the molecule is COCCN(CCOC)C(=O)NC1CC(=O)N(c2ccc(OC)c(OC)c2)C1. The highest BCUT2D eigenvalue weighted by Crippen LogP contribution is 2.33. The maximum absolute atomic E-state index is 12.6. The van der Waals surface area contributed by atoms with Crippen LogP contribution in [0, 0.1) is 0 Å². The Balaban J connectivity index is 2.02. The summed E-state index contributed by atoms with van der Waals surface area (Å²) in [6, 6.07) is 4.80. The molecule has 156 valence electrons. The molecule has 3 amide bonds. The maximum atomic E-state index is 12.6. The van der Waals surface area contributed by atoms with Crippen LogP contribution in [-0.2, 0) is 14.3 Å². The summed E-state index contributed by atoms with van der Waals surface area (Å²) in [5.74, 6) is 1.08. The van der Waals surface area contributed by atoms with Crippen molar-refractivity contribution in [2.45, 2.75) is 12.5 Å². The summed E-state index contributed by atoms with van der Waals surface area (Å²) in [5, 5.41) is 2.94. The number of hydrogen-bond acceptors (Lipinski definition) is 6. The molecule has 1 N–H and O–H groups in total. The number of benzene rings is 1. The van der Waals surface area contributed by atoms with E-state index in [-0.39, 0.29) is 24.4 Å². The van der Waals surface area contributed by atoms with Crippen molar-refractivity contribution in [3.8, 4) is 11.5 Å². The van der Waals surface area contributed by atoms with Crippen LogP contribution in [0.25, 0.3) is 0 Å². The first-order valence-corrected chi connectivity index (χ1v) is 9.09. The molecule has 1 aromatic rings. The lowest BCUT2D eigenvalue weighted by molar-refractivity contribution is -0.117. The Morgan fingerprint density at radius 1 is 1.11 bits per heavy atom. The average molecular weight is 395 g/mol. The van der Waals surface area contributed by atoms with E-state index in [1.807, 2.05) is 0 Å². The Morgan fingerprint density at radius 2 is 1.75 bits per heavy atom. The van der Waals surface area contributed by atoms with Gasteiger partial charge in [-0.3, -0.25) is 4.79 Å². The molecule has 0 radical (unpaired) electrons. The molecule has 1 heterocycles. The number of hydrogen-bond donors (Lipinski definition) is 1. The van der Waals surface area contributed by atoms with Crippen molar-refractivity contribution in [3.63, 3.8) is 0 Å². The molecule has 0 bridgehead atoms. The lowest BCUT2D eigenvalue weighted by Gasteiger charge is -2.24. The fourth-order valence-electron chi connectivity index (χ4n) is 3.03. The Kier molecular flexibility index (Phi) is 8.34. The van der Waals surface area contributed by atoms with E-state index in [0.29, 0.717) is 50.0 Å². The summed E-state index contributed by atoms with van der Waals surface area (Å²) in [4.78, 5) is 28.3. The standard InChI is InChI=1S/C19H29N3O6/c1-25-9-7-21(8-10-26-2)19(24)20-14-11-18(23)22(13-14)15-5-6-16(27-3)17(12-15)28-4/h5-6,12,14H,7-11,13H2,1-4H3,(H,20,24). The average Bonchev–Trinajstić information content (AvgIpc) is 3.07. The normalized spacial score (nSPS) is 16.2. The molecule has 2 rings (SSSR count). The van der Waals surface area contributed by atoms with Gasteiger partial charge in [-0.15, -0.1) is 0 Å². The number of amides is 3. The second kappa shape index (κ2) is 10.7. The fourth-order valence-corrected chi connectivity index (χ4v) is 3.03. The molecule has 1 aliphatic rings. The van der Waals surface area contributed by atoms with Gasteiger partial charge >= 0.3 is 6.03 Å². The van der Waals surface area contributed by atoms with E-state index < -0.39 is 0 Å². The zero-order valence-electron chi connectivity index (χ0n) is 16.9. The molecule has 0 spiro atoms. The van der Waals surface area contributed by atoms with Crippen LogP contribution in [0.5, 0.6) is 11.5 Å². The van der Waals surface area contributed by atoms with Crippen molar-refractivity contribution in [1.82, 2.24) is 10.2 Å². The smallest absolute Gasteiger partial charge is 0.317 e. The molecule has 9 nitrogen and oxygen atoms in total. The minimum absolute atomic E-state index is 0.0575. The summed E-state index contributed by atoms with van der Waals surface area (Å²) < 4.78 is 20.7. The van der Waals surface area contributed by atoms with Crippen LogP contribution in [0.3, 0.4) is 0 Å². The highest BCUT2D eigenvalue weighted by molar-refractivity contribution is 5.97. The molecule has 1 aromatic carbocycles. The van der Waals surface area contributed by atoms with E-state index in [9.17, 15) is 9.59 Å². The number of anilines is 1. The monoisotopic (exact) mass is 395 g/mol. The fraction of sp³-hybridized carbons (Fsp3) is 0.579. The minimum atomic E-state index is -0.277. The first kappa shape index (κ1) is 21.8. The molecule has 9 heteroatoms. The van der Waals surface area contributed by atoms with Gasteiger partial charge in [-0.1, -0.05) is 0 Å². The molecule has 0 saturated carbocycles. The Morgan fingerprint density at radius 3 is 2.32 bits per heavy atom.